The molecule has 1 fully saturated rings. The smallest absolute Gasteiger partial charge is 0.292 e. The van der Waals surface area contributed by atoms with Gasteiger partial charge in [-0.05, 0) is 19.3 Å². The third-order valence-corrected chi connectivity index (χ3v) is 4.42. The lowest BCUT2D eigenvalue weighted by Gasteiger charge is -2.13. The lowest BCUT2D eigenvalue weighted by Crippen LogP contribution is -2.26. The Labute approximate surface area is 121 Å². The van der Waals surface area contributed by atoms with Crippen molar-refractivity contribution in [2.24, 2.45) is 0 Å². The Kier molecular flexibility index (Phi) is 3.56. The molecule has 0 unspecified atom stereocenters. The predicted molar refractivity (Wildman–Crippen MR) is 75.8 cm³/mol. The summed E-state index contributed by atoms with van der Waals surface area (Å²) in [5.74, 6) is 0.673. The highest BCUT2D eigenvalue weighted by molar-refractivity contribution is 7.09. The van der Waals surface area contributed by atoms with E-state index < -0.39 is 0 Å². The fourth-order valence-corrected chi connectivity index (χ4v) is 2.78. The van der Waals surface area contributed by atoms with Crippen molar-refractivity contribution in [2.45, 2.75) is 38.6 Å². The number of aromatic nitrogens is 2. The van der Waals surface area contributed by atoms with E-state index in [1.807, 2.05) is 5.38 Å². The number of hydrogen-bond acceptors (Lipinski definition) is 5. The number of amides is 1. The lowest BCUT2D eigenvalue weighted by atomic mass is 10.2. The standard InChI is InChI=1S/C14H17N3O2S/c1-3-13-15-10(8-20-13)7-17(2)14(18)12-6-11(16-19-12)9-4-5-9/h6,8-9H,3-5,7H2,1-2H3. The summed E-state index contributed by atoms with van der Waals surface area (Å²) >= 11 is 1.63. The van der Waals surface area contributed by atoms with Gasteiger partial charge in [0.05, 0.1) is 22.9 Å². The van der Waals surface area contributed by atoms with Crippen LogP contribution in [0.25, 0.3) is 0 Å². The summed E-state index contributed by atoms with van der Waals surface area (Å²) in [6, 6.07) is 1.77. The second kappa shape index (κ2) is 5.36. The van der Waals surface area contributed by atoms with Crippen molar-refractivity contribution < 1.29 is 9.32 Å². The summed E-state index contributed by atoms with van der Waals surface area (Å²) in [7, 11) is 1.76. The molecular formula is C14H17N3O2S. The van der Waals surface area contributed by atoms with E-state index in [2.05, 4.69) is 17.1 Å². The number of aryl methyl sites for hydroxylation is 1. The van der Waals surface area contributed by atoms with Crippen LogP contribution in [0.1, 0.15) is 52.6 Å². The van der Waals surface area contributed by atoms with Gasteiger partial charge in [0, 0.05) is 24.4 Å². The van der Waals surface area contributed by atoms with Gasteiger partial charge in [0.25, 0.3) is 5.91 Å². The first-order valence-corrected chi connectivity index (χ1v) is 7.70. The lowest BCUT2D eigenvalue weighted by molar-refractivity contribution is 0.0742. The van der Waals surface area contributed by atoms with Gasteiger partial charge in [0.2, 0.25) is 5.76 Å². The van der Waals surface area contributed by atoms with Gasteiger partial charge >= 0.3 is 0 Å². The summed E-state index contributed by atoms with van der Waals surface area (Å²) in [5.41, 5.74) is 1.83. The Morgan fingerprint density at radius 3 is 3.00 bits per heavy atom. The summed E-state index contributed by atoms with van der Waals surface area (Å²) < 4.78 is 5.15. The van der Waals surface area contributed by atoms with Gasteiger partial charge in [0.1, 0.15) is 0 Å². The van der Waals surface area contributed by atoms with Crippen molar-refractivity contribution in [3.63, 3.8) is 0 Å². The van der Waals surface area contributed by atoms with E-state index in [0.29, 0.717) is 18.2 Å². The third kappa shape index (κ3) is 2.75. The van der Waals surface area contributed by atoms with Crippen LogP contribution in [-0.4, -0.2) is 28.0 Å². The zero-order valence-electron chi connectivity index (χ0n) is 11.6. The summed E-state index contributed by atoms with van der Waals surface area (Å²) in [5, 5.41) is 7.06. The first kappa shape index (κ1) is 13.3. The van der Waals surface area contributed by atoms with Crippen molar-refractivity contribution in [1.29, 1.82) is 0 Å². The molecule has 0 saturated heterocycles. The molecule has 0 bridgehead atoms. The van der Waals surface area contributed by atoms with Crippen LogP contribution >= 0.6 is 11.3 Å². The van der Waals surface area contributed by atoms with Crippen LogP contribution in [0.4, 0.5) is 0 Å². The van der Waals surface area contributed by atoms with Crippen molar-refractivity contribution in [3.05, 3.63) is 33.6 Å². The summed E-state index contributed by atoms with van der Waals surface area (Å²) in [6.07, 6.45) is 3.22. The van der Waals surface area contributed by atoms with Crippen LogP contribution in [0.3, 0.4) is 0 Å². The minimum absolute atomic E-state index is 0.143. The van der Waals surface area contributed by atoms with E-state index >= 15 is 0 Å². The number of carbonyl (C=O) groups is 1. The maximum absolute atomic E-state index is 12.2. The molecule has 2 aromatic heterocycles. The number of nitrogens with zero attached hydrogens (tertiary/aromatic N) is 3. The molecule has 1 aliphatic carbocycles. The average Bonchev–Trinajstić information content (AvgIpc) is 3.02. The van der Waals surface area contributed by atoms with Crippen molar-refractivity contribution >= 4 is 17.2 Å². The molecule has 106 valence electrons. The summed E-state index contributed by atoms with van der Waals surface area (Å²) in [6.45, 7) is 2.57. The Morgan fingerprint density at radius 2 is 2.35 bits per heavy atom. The van der Waals surface area contributed by atoms with E-state index in [0.717, 1.165) is 35.7 Å². The first-order valence-electron chi connectivity index (χ1n) is 6.82. The van der Waals surface area contributed by atoms with E-state index in [-0.39, 0.29) is 5.91 Å². The van der Waals surface area contributed by atoms with Crippen LogP contribution in [0.15, 0.2) is 16.0 Å². The highest BCUT2D eigenvalue weighted by Crippen LogP contribution is 2.39. The number of hydrogen-bond donors (Lipinski definition) is 0. The van der Waals surface area contributed by atoms with Gasteiger partial charge in [-0.3, -0.25) is 4.79 Å². The molecule has 0 spiro atoms. The topological polar surface area (TPSA) is 59.2 Å². The van der Waals surface area contributed by atoms with Crippen LogP contribution in [0, 0.1) is 0 Å². The third-order valence-electron chi connectivity index (χ3n) is 3.38. The van der Waals surface area contributed by atoms with E-state index in [1.54, 1.807) is 29.4 Å². The normalized spacial score (nSPS) is 14.5. The Hall–Kier alpha value is -1.69. The van der Waals surface area contributed by atoms with E-state index in [1.165, 1.54) is 0 Å². The maximum Gasteiger partial charge on any atom is 0.292 e. The van der Waals surface area contributed by atoms with E-state index in [9.17, 15) is 4.79 Å². The molecule has 3 rings (SSSR count). The van der Waals surface area contributed by atoms with Crippen LogP contribution in [0.5, 0.6) is 0 Å². The highest BCUT2D eigenvalue weighted by Gasteiger charge is 2.29. The second-order valence-electron chi connectivity index (χ2n) is 5.14. The predicted octanol–water partition coefficient (Wildman–Crippen LogP) is 2.84. The van der Waals surface area contributed by atoms with Crippen molar-refractivity contribution in [1.82, 2.24) is 15.0 Å². The maximum atomic E-state index is 12.2. The van der Waals surface area contributed by atoms with Gasteiger partial charge in [-0.2, -0.15) is 0 Å². The molecule has 1 amide bonds. The molecule has 20 heavy (non-hydrogen) atoms. The second-order valence-corrected chi connectivity index (χ2v) is 6.08. The fraction of sp³-hybridized carbons (Fsp3) is 0.500. The van der Waals surface area contributed by atoms with Crippen LogP contribution < -0.4 is 0 Å². The van der Waals surface area contributed by atoms with E-state index in [4.69, 9.17) is 4.52 Å². The Bertz CT molecular complexity index is 615. The first-order chi connectivity index (χ1) is 9.67. The molecule has 2 aromatic rings. The Balaban J connectivity index is 1.65. The molecule has 6 heteroatoms. The van der Waals surface area contributed by atoms with Crippen molar-refractivity contribution in [3.8, 4) is 0 Å². The van der Waals surface area contributed by atoms with Crippen LogP contribution in [0.2, 0.25) is 0 Å². The molecule has 1 aliphatic rings. The molecule has 5 nitrogen and oxygen atoms in total. The average molecular weight is 291 g/mol. The molecule has 0 radical (unpaired) electrons. The molecule has 0 aliphatic heterocycles. The van der Waals surface area contributed by atoms with Crippen LogP contribution in [-0.2, 0) is 13.0 Å². The van der Waals surface area contributed by atoms with Crippen molar-refractivity contribution in [2.75, 3.05) is 7.05 Å². The SMILES string of the molecule is CCc1nc(CN(C)C(=O)c2cc(C3CC3)no2)cs1. The molecule has 0 N–H and O–H groups in total. The fourth-order valence-electron chi connectivity index (χ4n) is 2.05. The van der Waals surface area contributed by atoms with Gasteiger partial charge in [0.15, 0.2) is 0 Å². The summed E-state index contributed by atoms with van der Waals surface area (Å²) in [4.78, 5) is 18.3. The van der Waals surface area contributed by atoms with Gasteiger partial charge < -0.3 is 9.42 Å². The zero-order valence-corrected chi connectivity index (χ0v) is 12.4. The molecule has 1 saturated carbocycles. The van der Waals surface area contributed by atoms with Gasteiger partial charge in [-0.25, -0.2) is 4.98 Å². The molecular weight excluding hydrogens is 274 g/mol. The minimum atomic E-state index is -0.143. The number of thiazole rings is 1. The molecule has 2 heterocycles. The number of carbonyl (C=O) groups excluding carboxylic acids is 1. The van der Waals surface area contributed by atoms with Gasteiger partial charge in [-0.15, -0.1) is 11.3 Å². The van der Waals surface area contributed by atoms with Gasteiger partial charge in [-0.1, -0.05) is 12.1 Å². The number of rotatable bonds is 5. The minimum Gasteiger partial charge on any atom is -0.351 e. The largest absolute Gasteiger partial charge is 0.351 e. The zero-order chi connectivity index (χ0) is 14.1. The Morgan fingerprint density at radius 1 is 1.55 bits per heavy atom. The quantitative estimate of drug-likeness (QED) is 0.850. The highest BCUT2D eigenvalue weighted by atomic mass is 32.1. The molecule has 0 atom stereocenters. The molecule has 0 aromatic carbocycles. The monoisotopic (exact) mass is 291 g/mol.